The Morgan fingerprint density at radius 1 is 1.12 bits per heavy atom. The number of rotatable bonds is 8. The molecule has 0 aliphatic heterocycles. The first-order valence-electron chi connectivity index (χ1n) is 7.65. The number of ether oxygens (including phenoxy) is 2. The van der Waals surface area contributed by atoms with Crippen LogP contribution in [0.2, 0.25) is 0 Å². The summed E-state index contributed by atoms with van der Waals surface area (Å²) in [6.45, 7) is 0.120. The molecule has 0 saturated carbocycles. The van der Waals surface area contributed by atoms with Crippen molar-refractivity contribution < 1.29 is 18.7 Å². The topological polar surface area (TPSA) is 74.5 Å². The molecule has 1 aromatic heterocycles. The van der Waals surface area contributed by atoms with Gasteiger partial charge in [0, 0.05) is 10.0 Å². The number of aromatic nitrogens is 2. The Hall–Kier alpha value is -2.32. The summed E-state index contributed by atoms with van der Waals surface area (Å²) < 4.78 is 17.3. The Bertz CT molecular complexity index is 883. The lowest BCUT2D eigenvalue weighted by Gasteiger charge is -2.07. The molecule has 1 heterocycles. The molecule has 0 saturated heterocycles. The minimum Gasteiger partial charge on any atom is -0.493 e. The Morgan fingerprint density at radius 2 is 1.85 bits per heavy atom. The maximum absolute atomic E-state index is 12.2. The van der Waals surface area contributed by atoms with Crippen molar-refractivity contribution in [1.82, 2.24) is 10.2 Å². The monoisotopic (exact) mass is 434 g/mol. The molecule has 0 N–H and O–H groups in total. The van der Waals surface area contributed by atoms with Crippen LogP contribution in [0.15, 0.2) is 62.6 Å². The maximum atomic E-state index is 12.2. The van der Waals surface area contributed by atoms with Crippen LogP contribution < -0.4 is 9.47 Å². The Balaban J connectivity index is 1.53. The van der Waals surface area contributed by atoms with Gasteiger partial charge in [-0.05, 0) is 24.3 Å². The molecule has 0 spiro atoms. The lowest BCUT2D eigenvalue weighted by Crippen LogP contribution is -2.01. The fourth-order valence-electron chi connectivity index (χ4n) is 2.08. The largest absolute Gasteiger partial charge is 0.493 e. The zero-order valence-corrected chi connectivity index (χ0v) is 16.2. The van der Waals surface area contributed by atoms with E-state index in [2.05, 4.69) is 26.1 Å². The van der Waals surface area contributed by atoms with Crippen molar-refractivity contribution in [2.45, 2.75) is 11.8 Å². The van der Waals surface area contributed by atoms with Crippen molar-refractivity contribution in [3.8, 4) is 11.5 Å². The second kappa shape index (κ2) is 8.86. The van der Waals surface area contributed by atoms with E-state index in [4.69, 9.17) is 13.9 Å². The molecule has 134 valence electrons. The highest BCUT2D eigenvalue weighted by molar-refractivity contribution is 9.10. The predicted octanol–water partition coefficient (Wildman–Crippen LogP) is 4.39. The van der Waals surface area contributed by atoms with Crippen LogP contribution in [0.3, 0.4) is 0 Å². The quantitative estimate of drug-likeness (QED) is 0.384. The van der Waals surface area contributed by atoms with Crippen LogP contribution in [0.1, 0.15) is 16.2 Å². The van der Waals surface area contributed by atoms with Crippen molar-refractivity contribution >= 4 is 33.5 Å². The number of carbonyl (C=O) groups is 1. The highest BCUT2D eigenvalue weighted by atomic mass is 79.9. The summed E-state index contributed by atoms with van der Waals surface area (Å²) in [5.41, 5.74) is 0.639. The van der Waals surface area contributed by atoms with Gasteiger partial charge in [0.25, 0.3) is 11.1 Å². The number of ketones is 1. The number of thioether (sulfide) groups is 1. The van der Waals surface area contributed by atoms with Gasteiger partial charge in [0.05, 0.1) is 12.9 Å². The van der Waals surface area contributed by atoms with Gasteiger partial charge in [-0.15, -0.1) is 10.2 Å². The number of hydrogen-bond acceptors (Lipinski definition) is 7. The number of hydrogen-bond donors (Lipinski definition) is 0. The highest BCUT2D eigenvalue weighted by Crippen LogP contribution is 2.27. The van der Waals surface area contributed by atoms with Crippen LogP contribution in [0.5, 0.6) is 11.5 Å². The van der Waals surface area contributed by atoms with Gasteiger partial charge in [0.1, 0.15) is 0 Å². The van der Waals surface area contributed by atoms with E-state index in [1.54, 1.807) is 31.4 Å². The second-order valence-electron chi connectivity index (χ2n) is 5.12. The minimum atomic E-state index is -0.00692. The number of halogens is 1. The zero-order valence-electron chi connectivity index (χ0n) is 13.8. The Kier molecular flexibility index (Phi) is 6.30. The second-order valence-corrected chi connectivity index (χ2v) is 6.96. The van der Waals surface area contributed by atoms with Crippen LogP contribution in [-0.2, 0) is 6.61 Å². The Labute approximate surface area is 163 Å². The molecule has 0 aliphatic carbocycles. The third kappa shape index (κ3) is 4.86. The smallest absolute Gasteiger partial charge is 0.277 e. The van der Waals surface area contributed by atoms with Crippen LogP contribution in [-0.4, -0.2) is 28.8 Å². The first-order chi connectivity index (χ1) is 12.7. The van der Waals surface area contributed by atoms with Crippen LogP contribution in [0.25, 0.3) is 0 Å². The van der Waals surface area contributed by atoms with E-state index in [1.165, 1.54) is 11.8 Å². The first kappa shape index (κ1) is 18.5. The molecule has 0 bridgehead atoms. The number of methoxy groups -OCH3 is 1. The molecule has 6 nitrogen and oxygen atoms in total. The fourth-order valence-corrected chi connectivity index (χ4v) is 3.02. The molecule has 0 radical (unpaired) electrons. The molecule has 0 amide bonds. The van der Waals surface area contributed by atoms with Crippen molar-refractivity contribution in [2.75, 3.05) is 12.9 Å². The van der Waals surface area contributed by atoms with Crippen molar-refractivity contribution in [3.05, 3.63) is 64.5 Å². The summed E-state index contributed by atoms with van der Waals surface area (Å²) in [5.74, 6) is 1.76. The van der Waals surface area contributed by atoms with E-state index in [0.717, 1.165) is 4.47 Å². The number of para-hydroxylation sites is 2. The van der Waals surface area contributed by atoms with Gasteiger partial charge in [-0.3, -0.25) is 4.79 Å². The third-order valence-electron chi connectivity index (χ3n) is 3.36. The molecular weight excluding hydrogens is 420 g/mol. The molecule has 3 aromatic rings. The predicted molar refractivity (Wildman–Crippen MR) is 101 cm³/mol. The molecule has 2 aromatic carbocycles. The number of benzene rings is 2. The van der Waals surface area contributed by atoms with Crippen LogP contribution >= 0.6 is 27.7 Å². The molecule has 26 heavy (non-hydrogen) atoms. The van der Waals surface area contributed by atoms with Gasteiger partial charge in [-0.2, -0.15) is 0 Å². The lowest BCUT2D eigenvalue weighted by molar-refractivity contribution is 0.102. The van der Waals surface area contributed by atoms with Gasteiger partial charge >= 0.3 is 0 Å². The fraction of sp³-hybridized carbons (Fsp3) is 0.167. The van der Waals surface area contributed by atoms with E-state index >= 15 is 0 Å². The molecule has 0 atom stereocenters. The standard InChI is InChI=1S/C18H15BrN2O4S/c1-23-15-4-2-3-5-16(15)24-10-17-20-21-18(25-17)26-11-14(22)12-6-8-13(19)9-7-12/h2-9H,10-11H2,1H3. The van der Waals surface area contributed by atoms with E-state index in [1.807, 2.05) is 24.3 Å². The molecule has 0 fully saturated rings. The first-order valence-corrected chi connectivity index (χ1v) is 9.43. The van der Waals surface area contributed by atoms with E-state index < -0.39 is 0 Å². The SMILES string of the molecule is COc1ccccc1OCc1nnc(SCC(=O)c2ccc(Br)cc2)o1. The van der Waals surface area contributed by atoms with Crippen molar-refractivity contribution in [3.63, 3.8) is 0 Å². The van der Waals surface area contributed by atoms with Crippen LogP contribution in [0.4, 0.5) is 0 Å². The summed E-state index contributed by atoms with van der Waals surface area (Å²) in [7, 11) is 1.58. The lowest BCUT2D eigenvalue weighted by atomic mass is 10.2. The summed E-state index contributed by atoms with van der Waals surface area (Å²) in [6, 6.07) is 14.5. The van der Waals surface area contributed by atoms with Gasteiger partial charge < -0.3 is 13.9 Å². The van der Waals surface area contributed by atoms with Gasteiger partial charge in [0.15, 0.2) is 23.9 Å². The molecule has 0 aliphatic rings. The van der Waals surface area contributed by atoms with E-state index in [9.17, 15) is 4.79 Å². The van der Waals surface area contributed by atoms with E-state index in [0.29, 0.717) is 28.2 Å². The minimum absolute atomic E-state index is 0.00692. The normalized spacial score (nSPS) is 10.5. The number of carbonyl (C=O) groups excluding carboxylic acids is 1. The summed E-state index contributed by atoms with van der Waals surface area (Å²) in [4.78, 5) is 12.2. The summed E-state index contributed by atoms with van der Waals surface area (Å²) in [5, 5.41) is 8.18. The van der Waals surface area contributed by atoms with Crippen LogP contribution in [0, 0.1) is 0 Å². The molecule has 0 unspecified atom stereocenters. The number of nitrogens with zero attached hydrogens (tertiary/aromatic N) is 2. The zero-order chi connectivity index (χ0) is 18.4. The summed E-state index contributed by atoms with van der Waals surface area (Å²) in [6.07, 6.45) is 0. The summed E-state index contributed by atoms with van der Waals surface area (Å²) >= 11 is 4.54. The van der Waals surface area contributed by atoms with E-state index in [-0.39, 0.29) is 18.1 Å². The Morgan fingerprint density at radius 3 is 2.58 bits per heavy atom. The van der Waals surface area contributed by atoms with Crippen molar-refractivity contribution in [2.24, 2.45) is 0 Å². The highest BCUT2D eigenvalue weighted by Gasteiger charge is 2.12. The van der Waals surface area contributed by atoms with Gasteiger partial charge in [-0.25, -0.2) is 0 Å². The van der Waals surface area contributed by atoms with Gasteiger partial charge in [0.2, 0.25) is 0 Å². The molecule has 3 rings (SSSR count). The average molecular weight is 435 g/mol. The molecule has 8 heteroatoms. The van der Waals surface area contributed by atoms with Crippen molar-refractivity contribution in [1.29, 1.82) is 0 Å². The molecular formula is C18H15BrN2O4S. The maximum Gasteiger partial charge on any atom is 0.277 e. The number of Topliss-reactive ketones (excluding diaryl/α,β-unsaturated/α-hetero) is 1. The third-order valence-corrected chi connectivity index (χ3v) is 4.71. The average Bonchev–Trinajstić information content (AvgIpc) is 3.13. The van der Waals surface area contributed by atoms with Gasteiger partial charge in [-0.1, -0.05) is 52.0 Å².